The van der Waals surface area contributed by atoms with Crippen molar-refractivity contribution in [1.82, 2.24) is 4.98 Å². The van der Waals surface area contributed by atoms with Crippen molar-refractivity contribution >= 4 is 28.7 Å². The van der Waals surface area contributed by atoms with E-state index in [2.05, 4.69) is 17.1 Å². The molecule has 0 radical (unpaired) electrons. The topological polar surface area (TPSA) is 85.6 Å². The van der Waals surface area contributed by atoms with Gasteiger partial charge in [-0.3, -0.25) is 15.1 Å². The minimum Gasteiger partial charge on any atom is -0.443 e. The summed E-state index contributed by atoms with van der Waals surface area (Å²) in [6.07, 6.45) is 5.93. The number of allylic oxidation sites excluding steroid dienone is 4. The number of amides is 1. The molecule has 0 unspecified atom stereocenters. The number of non-ortho nitro benzene ring substituents is 1. The van der Waals surface area contributed by atoms with Crippen LogP contribution in [0.4, 0.5) is 21.9 Å². The molecule has 0 fully saturated rings. The summed E-state index contributed by atoms with van der Waals surface area (Å²) < 4.78 is 5.56. The molecule has 1 aromatic heterocycles. The van der Waals surface area contributed by atoms with Crippen LogP contribution < -0.4 is 4.90 Å². The Morgan fingerprint density at radius 1 is 1.21 bits per heavy atom. The highest BCUT2D eigenvalue weighted by Crippen LogP contribution is 2.33. The van der Waals surface area contributed by atoms with Gasteiger partial charge in [-0.05, 0) is 57.9 Å². The lowest BCUT2D eigenvalue weighted by atomic mass is 10.1. The molecule has 3 rings (SSSR count). The average Bonchev–Trinajstić information content (AvgIpc) is 3.07. The van der Waals surface area contributed by atoms with E-state index in [0.29, 0.717) is 11.4 Å². The molecule has 150 valence electrons. The molecule has 1 amide bonds. The lowest BCUT2D eigenvalue weighted by molar-refractivity contribution is -0.384. The summed E-state index contributed by atoms with van der Waals surface area (Å²) in [4.78, 5) is 29.5. The Morgan fingerprint density at radius 3 is 2.55 bits per heavy atom. The van der Waals surface area contributed by atoms with Gasteiger partial charge in [0.2, 0.25) is 0 Å². The minimum absolute atomic E-state index is 0.108. The molecule has 1 heterocycles. The highest BCUT2D eigenvalue weighted by Gasteiger charge is 2.26. The number of nitrogens with zero attached hydrogens (tertiary/aromatic N) is 3. The van der Waals surface area contributed by atoms with E-state index in [-0.39, 0.29) is 5.69 Å². The van der Waals surface area contributed by atoms with Crippen LogP contribution in [0.5, 0.6) is 0 Å². The maximum atomic E-state index is 13.0. The van der Waals surface area contributed by atoms with Crippen LogP contribution in [0.25, 0.3) is 5.57 Å². The van der Waals surface area contributed by atoms with E-state index in [1.807, 2.05) is 6.92 Å². The molecule has 1 aliphatic rings. The number of carbonyl (C=O) groups excluding carboxylic acids is 1. The molecule has 0 atom stereocenters. The molecular weight excluding hydrogens is 370 g/mol. The molecule has 7 nitrogen and oxygen atoms in total. The third-order valence-corrected chi connectivity index (χ3v) is 4.25. The van der Waals surface area contributed by atoms with Crippen molar-refractivity contribution < 1.29 is 14.5 Å². The van der Waals surface area contributed by atoms with Gasteiger partial charge in [-0.1, -0.05) is 23.8 Å². The molecule has 0 saturated heterocycles. The molecule has 0 N–H and O–H groups in total. The predicted octanol–water partition coefficient (Wildman–Crippen LogP) is 5.80. The Bertz CT molecular complexity index is 1020. The Hall–Kier alpha value is -3.48. The zero-order chi connectivity index (χ0) is 21.2. The van der Waals surface area contributed by atoms with Crippen LogP contribution >= 0.6 is 0 Å². The second-order valence-electron chi connectivity index (χ2n) is 7.81. The first kappa shape index (κ1) is 20.3. The van der Waals surface area contributed by atoms with Crippen molar-refractivity contribution in [1.29, 1.82) is 0 Å². The number of nitro groups is 1. The number of ether oxygens (including phenoxy) is 1. The van der Waals surface area contributed by atoms with Crippen molar-refractivity contribution in [3.05, 3.63) is 76.1 Å². The van der Waals surface area contributed by atoms with Crippen LogP contribution in [0, 0.1) is 10.1 Å². The van der Waals surface area contributed by atoms with Crippen LogP contribution in [-0.2, 0) is 4.74 Å². The Labute approximate surface area is 169 Å². The van der Waals surface area contributed by atoms with Gasteiger partial charge in [-0.25, -0.2) is 9.69 Å². The van der Waals surface area contributed by atoms with Crippen molar-refractivity contribution in [3.63, 3.8) is 0 Å². The van der Waals surface area contributed by atoms with Gasteiger partial charge in [0.25, 0.3) is 5.69 Å². The van der Waals surface area contributed by atoms with E-state index < -0.39 is 16.6 Å². The fourth-order valence-electron chi connectivity index (χ4n) is 2.99. The molecule has 29 heavy (non-hydrogen) atoms. The lowest BCUT2D eigenvalue weighted by Crippen LogP contribution is -2.34. The molecule has 0 bridgehead atoms. The fourth-order valence-corrected chi connectivity index (χ4v) is 2.99. The SMILES string of the molecule is CC1=CCC(c2cc(N(C(=O)OC(C)(C)C)c3cccc([N+](=O)[O-])c3)ccn2)=C1. The largest absolute Gasteiger partial charge is 0.443 e. The number of hydrogen-bond donors (Lipinski definition) is 0. The zero-order valence-electron chi connectivity index (χ0n) is 16.9. The van der Waals surface area contributed by atoms with Crippen LogP contribution in [0.3, 0.4) is 0 Å². The summed E-state index contributed by atoms with van der Waals surface area (Å²) in [5, 5.41) is 11.2. The zero-order valence-corrected chi connectivity index (χ0v) is 16.9. The summed E-state index contributed by atoms with van der Waals surface area (Å²) in [6.45, 7) is 7.33. The van der Waals surface area contributed by atoms with Gasteiger partial charge in [0, 0.05) is 18.3 Å². The number of rotatable bonds is 4. The van der Waals surface area contributed by atoms with Gasteiger partial charge >= 0.3 is 6.09 Å². The minimum atomic E-state index is -0.721. The molecule has 7 heteroatoms. The van der Waals surface area contributed by atoms with E-state index in [1.54, 1.807) is 51.2 Å². The van der Waals surface area contributed by atoms with E-state index >= 15 is 0 Å². The average molecular weight is 393 g/mol. The van der Waals surface area contributed by atoms with Gasteiger partial charge in [0.15, 0.2) is 0 Å². The van der Waals surface area contributed by atoms with E-state index in [9.17, 15) is 14.9 Å². The van der Waals surface area contributed by atoms with Crippen LogP contribution in [0.15, 0.2) is 60.3 Å². The number of benzene rings is 1. The summed E-state index contributed by atoms with van der Waals surface area (Å²) in [7, 11) is 0. The second-order valence-corrected chi connectivity index (χ2v) is 7.81. The van der Waals surface area contributed by atoms with Gasteiger partial charge in [-0.2, -0.15) is 0 Å². The van der Waals surface area contributed by atoms with Crippen LogP contribution in [0.1, 0.15) is 39.8 Å². The first-order valence-electron chi connectivity index (χ1n) is 9.25. The highest BCUT2D eigenvalue weighted by molar-refractivity contribution is 5.97. The molecule has 0 aliphatic heterocycles. The molecular formula is C22H23N3O4. The maximum Gasteiger partial charge on any atom is 0.419 e. The second kappa shape index (κ2) is 7.87. The lowest BCUT2D eigenvalue weighted by Gasteiger charge is -2.27. The van der Waals surface area contributed by atoms with Gasteiger partial charge in [0.05, 0.1) is 22.0 Å². The Kier molecular flexibility index (Phi) is 5.50. The van der Waals surface area contributed by atoms with Gasteiger partial charge < -0.3 is 4.74 Å². The summed E-state index contributed by atoms with van der Waals surface area (Å²) in [5.74, 6) is 0. The highest BCUT2D eigenvalue weighted by atomic mass is 16.6. The van der Waals surface area contributed by atoms with Crippen molar-refractivity contribution in [3.8, 4) is 0 Å². The maximum absolute atomic E-state index is 13.0. The number of carbonyl (C=O) groups is 1. The fraction of sp³-hybridized carbons (Fsp3) is 0.273. The third kappa shape index (κ3) is 4.87. The van der Waals surface area contributed by atoms with Crippen molar-refractivity contribution in [2.24, 2.45) is 0 Å². The summed E-state index contributed by atoms with van der Waals surface area (Å²) in [6, 6.07) is 9.39. The van der Waals surface area contributed by atoms with Crippen molar-refractivity contribution in [2.45, 2.75) is 39.7 Å². The monoisotopic (exact) mass is 393 g/mol. The van der Waals surface area contributed by atoms with E-state index in [1.165, 1.54) is 17.0 Å². The number of hydrogen-bond acceptors (Lipinski definition) is 5. The van der Waals surface area contributed by atoms with E-state index in [0.717, 1.165) is 23.3 Å². The quantitative estimate of drug-likeness (QED) is 0.484. The third-order valence-electron chi connectivity index (χ3n) is 4.25. The normalized spacial score (nSPS) is 13.5. The number of pyridine rings is 1. The van der Waals surface area contributed by atoms with Crippen LogP contribution in [0.2, 0.25) is 0 Å². The number of aromatic nitrogens is 1. The van der Waals surface area contributed by atoms with Gasteiger partial charge in [-0.15, -0.1) is 0 Å². The summed E-state index contributed by atoms with van der Waals surface area (Å²) in [5.41, 5.74) is 3.00. The molecule has 1 aliphatic carbocycles. The number of nitro benzene ring substituents is 1. The molecule has 1 aromatic carbocycles. The first-order chi connectivity index (χ1) is 13.6. The molecule has 0 spiro atoms. The Balaban J connectivity index is 2.06. The summed E-state index contributed by atoms with van der Waals surface area (Å²) >= 11 is 0. The van der Waals surface area contributed by atoms with E-state index in [4.69, 9.17) is 4.74 Å². The first-order valence-corrected chi connectivity index (χ1v) is 9.25. The predicted molar refractivity (Wildman–Crippen MR) is 112 cm³/mol. The molecule has 2 aromatic rings. The van der Waals surface area contributed by atoms with Crippen molar-refractivity contribution in [2.75, 3.05) is 4.90 Å². The number of anilines is 2. The Morgan fingerprint density at radius 2 is 1.93 bits per heavy atom. The smallest absolute Gasteiger partial charge is 0.419 e. The molecule has 0 saturated carbocycles. The standard InChI is InChI=1S/C22H23N3O4/c1-15-8-9-16(12-15)20-14-18(10-11-23-20)24(21(26)29-22(2,3)4)17-6-5-7-19(13-17)25(27)28/h5-8,10-14H,9H2,1-4H3. The van der Waals surface area contributed by atoms with Gasteiger partial charge in [0.1, 0.15) is 5.60 Å². The van der Waals surface area contributed by atoms with Crippen LogP contribution in [-0.4, -0.2) is 21.6 Å².